The number of ether oxygens (including phenoxy) is 2. The van der Waals surface area contributed by atoms with Gasteiger partial charge in [0.2, 0.25) is 0 Å². The third-order valence-electron chi connectivity index (χ3n) is 3.27. The molecule has 2 aromatic carbocycles. The molecule has 0 N–H and O–H groups in total. The van der Waals surface area contributed by atoms with E-state index in [2.05, 4.69) is 0 Å². The molecule has 0 aromatic heterocycles. The molecule has 0 unspecified atom stereocenters. The Morgan fingerprint density at radius 2 is 1.86 bits per heavy atom. The van der Waals surface area contributed by atoms with Crippen LogP contribution in [0, 0.1) is 5.82 Å². The molecule has 0 radical (unpaired) electrons. The SMILES string of the molecule is O=C(/C=C/c1ccc(F)cc1)c1ccc(OC[C@@H]2CO2)cc1. The number of hydrogen-bond donors (Lipinski definition) is 0. The summed E-state index contributed by atoms with van der Waals surface area (Å²) in [7, 11) is 0. The van der Waals surface area contributed by atoms with Gasteiger partial charge in [-0.3, -0.25) is 4.79 Å². The zero-order valence-corrected chi connectivity index (χ0v) is 11.9. The van der Waals surface area contributed by atoms with E-state index in [9.17, 15) is 9.18 Å². The molecule has 0 saturated carbocycles. The number of allylic oxidation sites excluding steroid dienone is 1. The highest BCUT2D eigenvalue weighted by molar-refractivity contribution is 6.06. The number of hydrogen-bond acceptors (Lipinski definition) is 3. The van der Waals surface area contributed by atoms with Gasteiger partial charge in [-0.2, -0.15) is 0 Å². The van der Waals surface area contributed by atoms with E-state index in [-0.39, 0.29) is 17.7 Å². The summed E-state index contributed by atoms with van der Waals surface area (Å²) in [6.45, 7) is 1.29. The lowest BCUT2D eigenvalue weighted by atomic mass is 10.1. The number of benzene rings is 2. The first-order chi connectivity index (χ1) is 10.7. The first kappa shape index (κ1) is 14.5. The van der Waals surface area contributed by atoms with Gasteiger partial charge in [-0.1, -0.05) is 18.2 Å². The van der Waals surface area contributed by atoms with Crippen LogP contribution in [0.5, 0.6) is 5.75 Å². The lowest BCUT2D eigenvalue weighted by Crippen LogP contribution is -2.04. The molecule has 3 rings (SSSR count). The highest BCUT2D eigenvalue weighted by atomic mass is 19.1. The first-order valence-electron chi connectivity index (χ1n) is 7.03. The summed E-state index contributed by atoms with van der Waals surface area (Å²) in [5.74, 6) is 0.312. The Hall–Kier alpha value is -2.46. The minimum Gasteiger partial charge on any atom is -0.491 e. The van der Waals surface area contributed by atoms with Gasteiger partial charge in [0.25, 0.3) is 0 Å². The molecule has 1 aliphatic heterocycles. The minimum absolute atomic E-state index is 0.110. The highest BCUT2D eigenvalue weighted by Crippen LogP contribution is 2.16. The van der Waals surface area contributed by atoms with Crippen LogP contribution in [0.1, 0.15) is 15.9 Å². The molecule has 1 fully saturated rings. The van der Waals surface area contributed by atoms with Crippen molar-refractivity contribution in [3.8, 4) is 5.75 Å². The summed E-state index contributed by atoms with van der Waals surface area (Å²) < 4.78 is 23.4. The van der Waals surface area contributed by atoms with Gasteiger partial charge in [0.15, 0.2) is 5.78 Å². The van der Waals surface area contributed by atoms with Crippen LogP contribution in [0.25, 0.3) is 6.08 Å². The molecule has 0 aliphatic carbocycles. The van der Waals surface area contributed by atoms with Crippen molar-refractivity contribution in [1.82, 2.24) is 0 Å². The molecule has 1 saturated heterocycles. The Kier molecular flexibility index (Phi) is 4.30. The second-order valence-electron chi connectivity index (χ2n) is 5.04. The van der Waals surface area contributed by atoms with Crippen molar-refractivity contribution in [3.63, 3.8) is 0 Å². The molecule has 1 aliphatic rings. The maximum absolute atomic E-state index is 12.8. The molecule has 1 atom stereocenters. The Bertz CT molecular complexity index is 670. The summed E-state index contributed by atoms with van der Waals surface area (Å²) in [5.41, 5.74) is 1.35. The lowest BCUT2D eigenvalue weighted by molar-refractivity contribution is 0.104. The van der Waals surface area contributed by atoms with E-state index in [4.69, 9.17) is 9.47 Å². The van der Waals surface area contributed by atoms with Crippen molar-refractivity contribution in [2.75, 3.05) is 13.2 Å². The first-order valence-corrected chi connectivity index (χ1v) is 7.03. The Balaban J connectivity index is 1.60. The molecule has 0 bridgehead atoms. The van der Waals surface area contributed by atoms with Gasteiger partial charge in [-0.15, -0.1) is 0 Å². The van der Waals surface area contributed by atoms with Crippen LogP contribution in [0.2, 0.25) is 0 Å². The summed E-state index contributed by atoms with van der Waals surface area (Å²) in [5, 5.41) is 0. The number of epoxide rings is 1. The second-order valence-corrected chi connectivity index (χ2v) is 5.04. The largest absolute Gasteiger partial charge is 0.491 e. The van der Waals surface area contributed by atoms with Gasteiger partial charge in [0.1, 0.15) is 24.3 Å². The third kappa shape index (κ3) is 4.02. The van der Waals surface area contributed by atoms with Crippen LogP contribution in [-0.4, -0.2) is 25.1 Å². The standard InChI is InChI=1S/C18H15FO3/c19-15-6-1-13(2-7-15)3-10-18(20)14-4-8-16(9-5-14)21-11-17-12-22-17/h1-10,17H,11-12H2/b10-3+/t17-/m1/s1. The third-order valence-corrected chi connectivity index (χ3v) is 3.27. The molecule has 0 spiro atoms. The fourth-order valence-corrected chi connectivity index (χ4v) is 1.91. The van der Waals surface area contributed by atoms with E-state index in [1.165, 1.54) is 18.2 Å². The average Bonchev–Trinajstić information content (AvgIpc) is 3.37. The van der Waals surface area contributed by atoms with Gasteiger partial charge in [-0.25, -0.2) is 4.39 Å². The van der Waals surface area contributed by atoms with Crippen molar-refractivity contribution in [2.24, 2.45) is 0 Å². The summed E-state index contributed by atoms with van der Waals surface area (Å²) in [4.78, 5) is 12.1. The zero-order chi connectivity index (χ0) is 15.4. The van der Waals surface area contributed by atoms with Gasteiger partial charge >= 0.3 is 0 Å². The number of ketones is 1. The maximum atomic E-state index is 12.8. The van der Waals surface area contributed by atoms with E-state index in [0.29, 0.717) is 12.2 Å². The molecular formula is C18H15FO3. The van der Waals surface area contributed by atoms with Crippen molar-refractivity contribution in [3.05, 3.63) is 71.6 Å². The molecular weight excluding hydrogens is 283 g/mol. The molecule has 0 amide bonds. The predicted octanol–water partition coefficient (Wildman–Crippen LogP) is 3.50. The number of halogens is 1. The fourth-order valence-electron chi connectivity index (χ4n) is 1.91. The van der Waals surface area contributed by atoms with Crippen LogP contribution in [0.3, 0.4) is 0 Å². The van der Waals surface area contributed by atoms with Crippen LogP contribution in [0.15, 0.2) is 54.6 Å². The maximum Gasteiger partial charge on any atom is 0.185 e. The lowest BCUT2D eigenvalue weighted by Gasteiger charge is -2.04. The van der Waals surface area contributed by atoms with Gasteiger partial charge in [0, 0.05) is 5.56 Å². The molecule has 4 heteroatoms. The van der Waals surface area contributed by atoms with Crippen LogP contribution < -0.4 is 4.74 Å². The fraction of sp³-hybridized carbons (Fsp3) is 0.167. The van der Waals surface area contributed by atoms with Crippen molar-refractivity contribution >= 4 is 11.9 Å². The van der Waals surface area contributed by atoms with E-state index >= 15 is 0 Å². The van der Waals surface area contributed by atoms with Crippen molar-refractivity contribution in [2.45, 2.75) is 6.10 Å². The smallest absolute Gasteiger partial charge is 0.185 e. The van der Waals surface area contributed by atoms with Crippen LogP contribution in [0.4, 0.5) is 4.39 Å². The normalized spacial score (nSPS) is 16.7. The Labute approximate surface area is 128 Å². The van der Waals surface area contributed by atoms with Crippen LogP contribution >= 0.6 is 0 Å². The van der Waals surface area contributed by atoms with E-state index in [0.717, 1.165) is 17.9 Å². The van der Waals surface area contributed by atoms with Crippen LogP contribution in [-0.2, 0) is 4.74 Å². The quantitative estimate of drug-likeness (QED) is 0.465. The molecule has 22 heavy (non-hydrogen) atoms. The highest BCUT2D eigenvalue weighted by Gasteiger charge is 2.22. The topological polar surface area (TPSA) is 38.8 Å². The van der Waals surface area contributed by atoms with Gasteiger partial charge < -0.3 is 9.47 Å². The van der Waals surface area contributed by atoms with Gasteiger partial charge in [-0.05, 0) is 48.0 Å². The van der Waals surface area contributed by atoms with E-state index < -0.39 is 0 Å². The Morgan fingerprint density at radius 1 is 1.18 bits per heavy atom. The molecule has 1 heterocycles. The summed E-state index contributed by atoms with van der Waals surface area (Å²) in [6, 6.07) is 12.9. The second kappa shape index (κ2) is 6.54. The molecule has 112 valence electrons. The average molecular weight is 298 g/mol. The van der Waals surface area contributed by atoms with E-state index in [1.54, 1.807) is 42.5 Å². The number of rotatable bonds is 6. The van der Waals surface area contributed by atoms with Gasteiger partial charge in [0.05, 0.1) is 6.61 Å². The number of carbonyl (C=O) groups excluding carboxylic acids is 1. The van der Waals surface area contributed by atoms with E-state index in [1.807, 2.05) is 0 Å². The summed E-state index contributed by atoms with van der Waals surface area (Å²) in [6.07, 6.45) is 3.34. The molecule has 3 nitrogen and oxygen atoms in total. The van der Waals surface area contributed by atoms with Crippen molar-refractivity contribution < 1.29 is 18.7 Å². The summed E-state index contributed by atoms with van der Waals surface area (Å²) >= 11 is 0. The monoisotopic (exact) mass is 298 g/mol. The zero-order valence-electron chi connectivity index (χ0n) is 11.9. The number of carbonyl (C=O) groups is 1. The predicted molar refractivity (Wildman–Crippen MR) is 81.4 cm³/mol. The molecule has 2 aromatic rings. The minimum atomic E-state index is -0.296. The van der Waals surface area contributed by atoms with Crippen molar-refractivity contribution in [1.29, 1.82) is 0 Å². The Morgan fingerprint density at radius 3 is 2.50 bits per heavy atom.